The molecule has 0 aliphatic rings. The highest BCUT2D eigenvalue weighted by atomic mass is 19.3. The minimum Gasteiger partial charge on any atom is -0.343 e. The Morgan fingerprint density at radius 1 is 1.30 bits per heavy atom. The second-order valence-corrected chi connectivity index (χ2v) is 4.90. The smallest absolute Gasteiger partial charge is 0.333 e. The molecular weight excluding hydrogens is 304 g/mol. The van der Waals surface area contributed by atoms with E-state index in [-0.39, 0.29) is 12.2 Å². The summed E-state index contributed by atoms with van der Waals surface area (Å²) in [5.74, 6) is 0.189. The first-order chi connectivity index (χ1) is 11.1. The monoisotopic (exact) mass is 319 g/mol. The van der Waals surface area contributed by atoms with E-state index in [1.54, 1.807) is 0 Å². The Morgan fingerprint density at radius 2 is 2.09 bits per heavy atom. The summed E-state index contributed by atoms with van der Waals surface area (Å²) in [6, 6.07) is 8.94. The van der Waals surface area contributed by atoms with Gasteiger partial charge >= 0.3 is 6.55 Å². The number of halogens is 2. The Bertz CT molecular complexity index is 839. The molecule has 3 aromatic rings. The number of benzene rings is 1. The van der Waals surface area contributed by atoms with E-state index in [1.807, 2.05) is 35.8 Å². The summed E-state index contributed by atoms with van der Waals surface area (Å²) in [6.07, 6.45) is 1.07. The van der Waals surface area contributed by atoms with Gasteiger partial charge in [-0.25, -0.2) is 9.67 Å². The molecule has 3 rings (SSSR count). The molecule has 0 radical (unpaired) electrons. The Hall–Kier alpha value is -2.77. The maximum atomic E-state index is 12.5. The van der Waals surface area contributed by atoms with Crippen LogP contribution in [0.5, 0.6) is 0 Å². The lowest BCUT2D eigenvalue weighted by Crippen LogP contribution is -2.25. The molecule has 0 spiro atoms. The predicted octanol–water partition coefficient (Wildman–Crippen LogP) is 2.58. The van der Waals surface area contributed by atoms with Gasteiger partial charge in [-0.05, 0) is 25.1 Å². The second-order valence-electron chi connectivity index (χ2n) is 4.90. The Kier molecular flexibility index (Phi) is 4.05. The molecule has 2 aromatic heterocycles. The zero-order chi connectivity index (χ0) is 16.4. The molecule has 0 bridgehead atoms. The van der Waals surface area contributed by atoms with Crippen LogP contribution in [0.15, 0.2) is 36.5 Å². The summed E-state index contributed by atoms with van der Waals surface area (Å²) >= 11 is 0. The molecule has 1 amide bonds. The first-order valence-corrected chi connectivity index (χ1v) is 7.15. The number of para-hydroxylation sites is 2. The number of aryl methyl sites for hydroxylation is 1. The number of amides is 1. The molecule has 6 nitrogen and oxygen atoms in total. The van der Waals surface area contributed by atoms with Crippen molar-refractivity contribution >= 4 is 16.9 Å². The molecule has 120 valence electrons. The van der Waals surface area contributed by atoms with E-state index in [0.717, 1.165) is 17.2 Å². The summed E-state index contributed by atoms with van der Waals surface area (Å²) in [7, 11) is 0. The number of hydrogen-bond donors (Lipinski definition) is 1. The van der Waals surface area contributed by atoms with Crippen LogP contribution in [0.1, 0.15) is 29.8 Å². The van der Waals surface area contributed by atoms with E-state index < -0.39 is 12.5 Å². The summed E-state index contributed by atoms with van der Waals surface area (Å²) in [6.45, 7) is 0.138. The molecule has 0 aliphatic heterocycles. The molecule has 0 fully saturated rings. The van der Waals surface area contributed by atoms with Gasteiger partial charge in [0.1, 0.15) is 11.5 Å². The average molecular weight is 319 g/mol. The third-order valence-corrected chi connectivity index (χ3v) is 3.50. The fourth-order valence-electron chi connectivity index (χ4n) is 2.43. The number of nitrogens with one attached hydrogen (secondary N) is 1. The van der Waals surface area contributed by atoms with Crippen molar-refractivity contribution in [3.8, 4) is 0 Å². The highest BCUT2D eigenvalue weighted by molar-refractivity contribution is 5.92. The van der Waals surface area contributed by atoms with Crippen LogP contribution >= 0.6 is 0 Å². The minimum absolute atomic E-state index is 0.0514. The first-order valence-electron chi connectivity index (χ1n) is 7.15. The van der Waals surface area contributed by atoms with Gasteiger partial charge in [0.25, 0.3) is 5.91 Å². The molecular formula is C15H15F2N5O. The minimum atomic E-state index is -2.76. The Labute approximate surface area is 130 Å². The van der Waals surface area contributed by atoms with Crippen molar-refractivity contribution in [1.29, 1.82) is 0 Å². The number of hydrogen-bond acceptors (Lipinski definition) is 3. The fraction of sp³-hybridized carbons (Fsp3) is 0.267. The molecule has 23 heavy (non-hydrogen) atoms. The third-order valence-electron chi connectivity index (χ3n) is 3.50. The van der Waals surface area contributed by atoms with Gasteiger partial charge in [0.2, 0.25) is 0 Å². The van der Waals surface area contributed by atoms with E-state index in [9.17, 15) is 13.6 Å². The quantitative estimate of drug-likeness (QED) is 0.786. The lowest BCUT2D eigenvalue weighted by Gasteiger charge is -2.06. The van der Waals surface area contributed by atoms with Crippen LogP contribution < -0.4 is 5.32 Å². The van der Waals surface area contributed by atoms with Gasteiger partial charge in [-0.15, -0.1) is 0 Å². The number of carbonyl (C=O) groups excluding carboxylic acids is 1. The van der Waals surface area contributed by atoms with Crippen molar-refractivity contribution in [2.75, 3.05) is 0 Å². The second kappa shape index (κ2) is 6.15. The van der Waals surface area contributed by atoms with Crippen molar-refractivity contribution in [2.24, 2.45) is 0 Å². The van der Waals surface area contributed by atoms with E-state index in [0.29, 0.717) is 17.1 Å². The van der Waals surface area contributed by atoms with Gasteiger partial charge in [-0.2, -0.15) is 13.9 Å². The SMILES string of the molecule is CCn1c(CNC(=O)c2ccn(C(F)F)n2)nc2ccccc21. The van der Waals surface area contributed by atoms with E-state index in [1.165, 1.54) is 6.07 Å². The van der Waals surface area contributed by atoms with Gasteiger partial charge in [-0.3, -0.25) is 4.79 Å². The fourth-order valence-corrected chi connectivity index (χ4v) is 2.43. The van der Waals surface area contributed by atoms with Gasteiger partial charge in [0, 0.05) is 12.7 Å². The van der Waals surface area contributed by atoms with Gasteiger partial charge < -0.3 is 9.88 Å². The van der Waals surface area contributed by atoms with Crippen LogP contribution in [0.4, 0.5) is 8.78 Å². The molecule has 2 heterocycles. The Morgan fingerprint density at radius 3 is 2.78 bits per heavy atom. The van der Waals surface area contributed by atoms with Gasteiger partial charge in [0.05, 0.1) is 17.6 Å². The van der Waals surface area contributed by atoms with Crippen molar-refractivity contribution in [2.45, 2.75) is 26.6 Å². The van der Waals surface area contributed by atoms with E-state index >= 15 is 0 Å². The average Bonchev–Trinajstić information content (AvgIpc) is 3.16. The lowest BCUT2D eigenvalue weighted by molar-refractivity contribution is 0.0560. The normalized spacial score (nSPS) is 11.3. The predicted molar refractivity (Wildman–Crippen MR) is 80.1 cm³/mol. The maximum absolute atomic E-state index is 12.5. The zero-order valence-electron chi connectivity index (χ0n) is 12.4. The van der Waals surface area contributed by atoms with Crippen LogP contribution in [-0.4, -0.2) is 25.2 Å². The van der Waals surface area contributed by atoms with Crippen molar-refractivity contribution in [3.63, 3.8) is 0 Å². The summed E-state index contributed by atoms with van der Waals surface area (Å²) in [5, 5.41) is 6.19. The highest BCUT2D eigenvalue weighted by Crippen LogP contribution is 2.16. The van der Waals surface area contributed by atoms with Crippen LogP contribution in [0.2, 0.25) is 0 Å². The standard InChI is InChI=1S/C15H15F2N5O/c1-2-21-12-6-4-3-5-10(12)19-13(21)9-18-14(23)11-7-8-22(20-11)15(16)17/h3-8,15H,2,9H2,1H3,(H,18,23). The lowest BCUT2D eigenvalue weighted by atomic mass is 10.3. The van der Waals surface area contributed by atoms with Crippen LogP contribution in [-0.2, 0) is 13.1 Å². The Balaban J connectivity index is 1.76. The molecule has 0 saturated carbocycles. The van der Waals surface area contributed by atoms with Crippen molar-refractivity contribution in [3.05, 3.63) is 48.0 Å². The van der Waals surface area contributed by atoms with Crippen molar-refractivity contribution < 1.29 is 13.6 Å². The molecule has 1 N–H and O–H groups in total. The van der Waals surface area contributed by atoms with Crippen LogP contribution in [0.25, 0.3) is 11.0 Å². The van der Waals surface area contributed by atoms with Crippen molar-refractivity contribution in [1.82, 2.24) is 24.6 Å². The topological polar surface area (TPSA) is 64.7 Å². The number of rotatable bonds is 5. The van der Waals surface area contributed by atoms with E-state index in [2.05, 4.69) is 15.4 Å². The molecule has 0 unspecified atom stereocenters. The number of nitrogens with zero attached hydrogens (tertiary/aromatic N) is 4. The third kappa shape index (κ3) is 2.92. The molecule has 0 aliphatic carbocycles. The highest BCUT2D eigenvalue weighted by Gasteiger charge is 2.15. The number of carbonyl (C=O) groups is 1. The first kappa shape index (κ1) is 15.1. The van der Waals surface area contributed by atoms with Gasteiger partial charge in [0.15, 0.2) is 0 Å². The number of fused-ring (bicyclic) bond motifs is 1. The summed E-state index contributed by atoms with van der Waals surface area (Å²) in [4.78, 5) is 16.5. The number of alkyl halides is 2. The van der Waals surface area contributed by atoms with Crippen LogP contribution in [0, 0.1) is 0 Å². The molecule has 0 atom stereocenters. The molecule has 1 aromatic carbocycles. The van der Waals surface area contributed by atoms with E-state index in [4.69, 9.17) is 0 Å². The zero-order valence-corrected chi connectivity index (χ0v) is 12.4. The maximum Gasteiger partial charge on any atom is 0.333 e. The van der Waals surface area contributed by atoms with Gasteiger partial charge in [-0.1, -0.05) is 12.1 Å². The number of aromatic nitrogens is 4. The van der Waals surface area contributed by atoms with Crippen LogP contribution in [0.3, 0.4) is 0 Å². The number of imidazole rings is 1. The molecule has 0 saturated heterocycles. The largest absolute Gasteiger partial charge is 0.343 e. The summed E-state index contributed by atoms with van der Waals surface area (Å²) in [5.41, 5.74) is 1.78. The molecule has 8 heteroatoms. The summed E-state index contributed by atoms with van der Waals surface area (Å²) < 4.78 is 27.4.